The van der Waals surface area contributed by atoms with Crippen LogP contribution in [-0.4, -0.2) is 27.2 Å². The summed E-state index contributed by atoms with van der Waals surface area (Å²) in [6.45, 7) is 6.14. The summed E-state index contributed by atoms with van der Waals surface area (Å²) >= 11 is 7.80. The van der Waals surface area contributed by atoms with E-state index in [2.05, 4.69) is 17.2 Å². The van der Waals surface area contributed by atoms with Gasteiger partial charge in [0, 0.05) is 27.6 Å². The van der Waals surface area contributed by atoms with Crippen molar-refractivity contribution in [3.05, 3.63) is 76.0 Å². The highest BCUT2D eigenvalue weighted by atomic mass is 35.5. The first-order valence-corrected chi connectivity index (χ1v) is 11.9. The molecule has 1 aromatic heterocycles. The topological polar surface area (TPSA) is 69.0 Å². The Morgan fingerprint density at radius 1 is 1.22 bits per heavy atom. The average molecular weight is 469 g/mol. The van der Waals surface area contributed by atoms with Gasteiger partial charge in [0.05, 0.1) is 6.61 Å². The van der Waals surface area contributed by atoms with Crippen molar-refractivity contribution in [3.8, 4) is 5.75 Å². The molecule has 8 heteroatoms. The molecular weight excluding hydrogens is 444 g/mol. The molecule has 1 aliphatic heterocycles. The number of nitrogens with zero attached hydrogens (tertiary/aromatic N) is 3. The second kappa shape index (κ2) is 9.79. The minimum atomic E-state index is -0.418. The quantitative estimate of drug-likeness (QED) is 0.415. The van der Waals surface area contributed by atoms with E-state index in [1.54, 1.807) is 11.6 Å². The van der Waals surface area contributed by atoms with Gasteiger partial charge in [0.15, 0.2) is 5.78 Å². The molecule has 3 aromatic rings. The zero-order valence-electron chi connectivity index (χ0n) is 18.3. The lowest BCUT2D eigenvalue weighted by molar-refractivity contribution is -0.114. The Balaban J connectivity index is 1.72. The Morgan fingerprint density at radius 3 is 2.72 bits per heavy atom. The van der Waals surface area contributed by atoms with Crippen molar-refractivity contribution in [1.29, 1.82) is 0 Å². The van der Waals surface area contributed by atoms with Crippen LogP contribution in [0.3, 0.4) is 0 Å². The molecule has 0 radical (unpaired) electrons. The lowest BCUT2D eigenvalue weighted by atomic mass is 9.92. The molecule has 32 heavy (non-hydrogen) atoms. The summed E-state index contributed by atoms with van der Waals surface area (Å²) in [4.78, 5) is 17.3. The van der Waals surface area contributed by atoms with Crippen molar-refractivity contribution in [2.75, 3.05) is 11.9 Å². The SMILES string of the molecule is CCCOc1ccccc1C1C(C(C)=O)=C(C)Nc2nc(SCc3ccccc3Cl)nn21. The maximum atomic E-state index is 12.7. The molecule has 0 bridgehead atoms. The van der Waals surface area contributed by atoms with Crippen molar-refractivity contribution in [1.82, 2.24) is 14.8 Å². The minimum absolute atomic E-state index is 0.0169. The number of hydrogen-bond donors (Lipinski definition) is 1. The number of aromatic nitrogens is 3. The Bertz CT molecular complexity index is 1170. The molecule has 1 atom stereocenters. The molecular formula is C24H25ClN4O2S. The molecule has 0 amide bonds. The van der Waals surface area contributed by atoms with E-state index in [0.29, 0.717) is 29.0 Å². The number of rotatable bonds is 8. The van der Waals surface area contributed by atoms with E-state index in [0.717, 1.165) is 34.0 Å². The zero-order valence-corrected chi connectivity index (χ0v) is 19.8. The molecule has 0 saturated carbocycles. The second-order valence-corrected chi connectivity index (χ2v) is 8.90. The average Bonchev–Trinajstić information content (AvgIpc) is 3.18. The molecule has 0 aliphatic carbocycles. The van der Waals surface area contributed by atoms with Gasteiger partial charge in [-0.3, -0.25) is 4.79 Å². The first-order chi connectivity index (χ1) is 15.5. The number of carbonyl (C=O) groups is 1. The number of ether oxygens (including phenoxy) is 1. The molecule has 2 aromatic carbocycles. The van der Waals surface area contributed by atoms with Gasteiger partial charge in [0.1, 0.15) is 11.8 Å². The van der Waals surface area contributed by atoms with Crippen molar-refractivity contribution in [2.24, 2.45) is 0 Å². The third-order valence-electron chi connectivity index (χ3n) is 5.20. The molecule has 6 nitrogen and oxygen atoms in total. The Kier molecular flexibility index (Phi) is 6.86. The normalized spacial score (nSPS) is 15.3. The first-order valence-electron chi connectivity index (χ1n) is 10.5. The fourth-order valence-electron chi connectivity index (χ4n) is 3.74. The lowest BCUT2D eigenvalue weighted by Gasteiger charge is -2.29. The van der Waals surface area contributed by atoms with Crippen molar-refractivity contribution >= 4 is 35.1 Å². The van der Waals surface area contributed by atoms with Crippen LogP contribution in [0.5, 0.6) is 5.75 Å². The van der Waals surface area contributed by atoms with Crippen molar-refractivity contribution in [3.63, 3.8) is 0 Å². The van der Waals surface area contributed by atoms with Gasteiger partial charge >= 0.3 is 0 Å². The fourth-order valence-corrected chi connectivity index (χ4v) is 4.86. The largest absolute Gasteiger partial charge is 0.493 e. The van der Waals surface area contributed by atoms with E-state index >= 15 is 0 Å². The predicted molar refractivity (Wildman–Crippen MR) is 128 cm³/mol. The van der Waals surface area contributed by atoms with E-state index in [1.807, 2.05) is 55.5 Å². The fraction of sp³-hybridized carbons (Fsp3) is 0.292. The summed E-state index contributed by atoms with van der Waals surface area (Å²) in [5.41, 5.74) is 3.34. The molecule has 0 saturated heterocycles. The zero-order chi connectivity index (χ0) is 22.7. The number of nitrogens with one attached hydrogen (secondary N) is 1. The Labute approximate surface area is 197 Å². The summed E-state index contributed by atoms with van der Waals surface area (Å²) in [7, 11) is 0. The maximum Gasteiger partial charge on any atom is 0.227 e. The smallest absolute Gasteiger partial charge is 0.227 e. The van der Waals surface area contributed by atoms with Crippen LogP contribution in [0.4, 0.5) is 5.95 Å². The van der Waals surface area contributed by atoms with Gasteiger partial charge < -0.3 is 10.1 Å². The van der Waals surface area contributed by atoms with Gasteiger partial charge in [-0.05, 0) is 38.0 Å². The number of fused-ring (bicyclic) bond motifs is 1. The maximum absolute atomic E-state index is 12.7. The highest BCUT2D eigenvalue weighted by Gasteiger charge is 2.34. The Hall–Kier alpha value is -2.77. The van der Waals surface area contributed by atoms with Gasteiger partial charge in [-0.1, -0.05) is 66.7 Å². The predicted octanol–water partition coefficient (Wildman–Crippen LogP) is 5.89. The number of ketones is 1. The summed E-state index contributed by atoms with van der Waals surface area (Å²) in [6.07, 6.45) is 0.895. The highest BCUT2D eigenvalue weighted by Crippen LogP contribution is 2.40. The van der Waals surface area contributed by atoms with Crippen LogP contribution in [0.1, 0.15) is 44.4 Å². The molecule has 1 N–H and O–H groups in total. The van der Waals surface area contributed by atoms with Crippen LogP contribution in [0.2, 0.25) is 5.02 Å². The highest BCUT2D eigenvalue weighted by molar-refractivity contribution is 7.98. The molecule has 0 fully saturated rings. The number of para-hydroxylation sites is 1. The van der Waals surface area contributed by atoms with E-state index in [4.69, 9.17) is 21.4 Å². The first kappa shape index (κ1) is 22.4. The monoisotopic (exact) mass is 468 g/mol. The number of thioether (sulfide) groups is 1. The molecule has 1 aliphatic rings. The molecule has 1 unspecified atom stereocenters. The minimum Gasteiger partial charge on any atom is -0.493 e. The van der Waals surface area contributed by atoms with E-state index in [1.165, 1.54) is 11.8 Å². The summed E-state index contributed by atoms with van der Waals surface area (Å²) in [5.74, 6) is 1.98. The third kappa shape index (κ3) is 4.54. The third-order valence-corrected chi connectivity index (χ3v) is 6.46. The number of benzene rings is 2. The molecule has 0 spiro atoms. The van der Waals surface area contributed by atoms with E-state index in [9.17, 15) is 4.79 Å². The number of Topliss-reactive ketones (excluding diaryl/α,β-unsaturated/α-hetero) is 1. The van der Waals surface area contributed by atoms with Crippen LogP contribution < -0.4 is 10.1 Å². The van der Waals surface area contributed by atoms with E-state index < -0.39 is 6.04 Å². The van der Waals surface area contributed by atoms with Gasteiger partial charge in [0.25, 0.3) is 0 Å². The van der Waals surface area contributed by atoms with Crippen molar-refractivity contribution < 1.29 is 9.53 Å². The number of anilines is 1. The Morgan fingerprint density at radius 2 is 1.97 bits per heavy atom. The number of allylic oxidation sites excluding steroid dienone is 2. The summed E-state index contributed by atoms with van der Waals surface area (Å²) in [5, 5.41) is 9.35. The van der Waals surface area contributed by atoms with E-state index in [-0.39, 0.29) is 5.78 Å². The van der Waals surface area contributed by atoms with Crippen LogP contribution in [0.25, 0.3) is 0 Å². The van der Waals surface area contributed by atoms with Crippen LogP contribution >= 0.6 is 23.4 Å². The number of carbonyl (C=O) groups excluding carboxylic acids is 1. The molecule has 166 valence electrons. The molecule has 4 rings (SSSR count). The molecule has 2 heterocycles. The summed E-state index contributed by atoms with van der Waals surface area (Å²) in [6, 6.07) is 15.1. The number of halogens is 1. The van der Waals surface area contributed by atoms with Crippen LogP contribution in [-0.2, 0) is 10.5 Å². The van der Waals surface area contributed by atoms with Crippen molar-refractivity contribution in [2.45, 2.75) is 44.1 Å². The van der Waals surface area contributed by atoms with Gasteiger partial charge in [0.2, 0.25) is 11.1 Å². The second-order valence-electron chi connectivity index (χ2n) is 7.55. The van der Waals surface area contributed by atoms with Gasteiger partial charge in [-0.15, -0.1) is 5.10 Å². The van der Waals surface area contributed by atoms with Gasteiger partial charge in [-0.2, -0.15) is 4.98 Å². The summed E-state index contributed by atoms with van der Waals surface area (Å²) < 4.78 is 7.79. The number of hydrogen-bond acceptors (Lipinski definition) is 6. The van der Waals surface area contributed by atoms with Crippen LogP contribution in [0.15, 0.2) is 65.0 Å². The van der Waals surface area contributed by atoms with Gasteiger partial charge in [-0.25, -0.2) is 4.68 Å². The van der Waals surface area contributed by atoms with Crippen LogP contribution in [0, 0.1) is 0 Å². The standard InChI is InChI=1S/C24H25ClN4O2S/c1-4-13-31-20-12-8-6-10-18(20)22-21(16(3)30)15(2)26-23-27-24(28-29(22)23)32-14-17-9-5-7-11-19(17)25/h5-12,22H,4,13-14H2,1-3H3,(H,26,27,28). The lowest BCUT2D eigenvalue weighted by Crippen LogP contribution is -2.28.